The second-order valence-corrected chi connectivity index (χ2v) is 3.90. The molecule has 0 N–H and O–H groups in total. The average Bonchev–Trinajstić information content (AvgIpc) is 2.34. The fourth-order valence-electron chi connectivity index (χ4n) is 2.31. The SMILES string of the molecule is Fc1c(F)c(F)c2c(c1F)C1C=CC2C=C1. The largest absolute Gasteiger partial charge is 0.203 e. The van der Waals surface area contributed by atoms with E-state index in [0.717, 1.165) is 0 Å². The molecule has 16 heavy (non-hydrogen) atoms. The zero-order valence-electron chi connectivity index (χ0n) is 7.98. The van der Waals surface area contributed by atoms with E-state index < -0.39 is 35.1 Å². The van der Waals surface area contributed by atoms with Gasteiger partial charge in [-0.25, -0.2) is 17.6 Å². The number of allylic oxidation sites excluding steroid dienone is 4. The Kier molecular flexibility index (Phi) is 1.79. The highest BCUT2D eigenvalue weighted by Gasteiger charge is 2.35. The van der Waals surface area contributed by atoms with Crippen LogP contribution in [0.4, 0.5) is 17.6 Å². The summed E-state index contributed by atoms with van der Waals surface area (Å²) in [6.07, 6.45) is 6.64. The number of rotatable bonds is 0. The van der Waals surface area contributed by atoms with Crippen molar-refractivity contribution in [1.82, 2.24) is 0 Å². The smallest absolute Gasteiger partial charge is 0.197 e. The van der Waals surface area contributed by atoms with Crippen LogP contribution in [0.2, 0.25) is 0 Å². The molecule has 3 aliphatic rings. The maximum Gasteiger partial charge on any atom is 0.197 e. The van der Waals surface area contributed by atoms with E-state index in [-0.39, 0.29) is 11.1 Å². The second-order valence-electron chi connectivity index (χ2n) is 3.90. The third-order valence-electron chi connectivity index (χ3n) is 3.06. The van der Waals surface area contributed by atoms with E-state index >= 15 is 0 Å². The summed E-state index contributed by atoms with van der Waals surface area (Å²) in [5.41, 5.74) is -0.155. The predicted molar refractivity (Wildman–Crippen MR) is 50.0 cm³/mol. The predicted octanol–water partition coefficient (Wildman–Crippen LogP) is 3.55. The first-order chi connectivity index (χ1) is 7.61. The number of benzene rings is 1. The maximum absolute atomic E-state index is 13.5. The minimum absolute atomic E-state index is 0.0774. The first kappa shape index (κ1) is 9.63. The van der Waals surface area contributed by atoms with Crippen molar-refractivity contribution in [2.75, 3.05) is 0 Å². The molecular formula is C12H6F4. The summed E-state index contributed by atoms with van der Waals surface area (Å²) in [4.78, 5) is 0. The molecule has 2 bridgehead atoms. The van der Waals surface area contributed by atoms with Gasteiger partial charge in [-0.3, -0.25) is 0 Å². The molecule has 1 aromatic rings. The highest BCUT2D eigenvalue weighted by molar-refractivity contribution is 5.52. The molecule has 0 aliphatic heterocycles. The van der Waals surface area contributed by atoms with Crippen LogP contribution in [0, 0.1) is 23.3 Å². The van der Waals surface area contributed by atoms with Gasteiger partial charge in [0.2, 0.25) is 0 Å². The van der Waals surface area contributed by atoms with Crippen LogP contribution in [-0.2, 0) is 0 Å². The van der Waals surface area contributed by atoms with E-state index in [1.165, 1.54) is 0 Å². The van der Waals surface area contributed by atoms with Crippen molar-refractivity contribution in [3.05, 3.63) is 58.7 Å². The normalized spacial score (nSPS) is 25.0. The zero-order valence-corrected chi connectivity index (χ0v) is 7.98. The minimum atomic E-state index is -1.73. The molecular weight excluding hydrogens is 220 g/mol. The molecule has 4 heteroatoms. The Morgan fingerprint density at radius 1 is 0.562 bits per heavy atom. The molecule has 0 fully saturated rings. The third kappa shape index (κ3) is 0.991. The van der Waals surface area contributed by atoms with Crippen molar-refractivity contribution >= 4 is 0 Å². The molecule has 3 aliphatic carbocycles. The van der Waals surface area contributed by atoms with Crippen LogP contribution in [0.3, 0.4) is 0 Å². The zero-order chi connectivity index (χ0) is 11.4. The van der Waals surface area contributed by atoms with Crippen molar-refractivity contribution in [1.29, 1.82) is 0 Å². The van der Waals surface area contributed by atoms with E-state index in [1.54, 1.807) is 24.3 Å². The van der Waals surface area contributed by atoms with Crippen molar-refractivity contribution < 1.29 is 17.6 Å². The van der Waals surface area contributed by atoms with Crippen LogP contribution in [0.1, 0.15) is 23.0 Å². The molecule has 0 nitrogen and oxygen atoms in total. The Morgan fingerprint density at radius 3 is 1.19 bits per heavy atom. The summed E-state index contributed by atoms with van der Waals surface area (Å²) in [5, 5.41) is 0. The fraction of sp³-hybridized carbons (Fsp3) is 0.167. The van der Waals surface area contributed by atoms with Gasteiger partial charge in [-0.05, 0) is 0 Å². The molecule has 1 aromatic carbocycles. The standard InChI is InChI=1S/C12H6F4/c13-9-7-5-1-2-6(4-3-5)8(7)10(14)12(16)11(9)15/h1-6H. The minimum Gasteiger partial charge on any atom is -0.203 e. The average molecular weight is 226 g/mol. The second kappa shape index (κ2) is 2.97. The van der Waals surface area contributed by atoms with Gasteiger partial charge in [-0.2, -0.15) is 0 Å². The lowest BCUT2D eigenvalue weighted by Gasteiger charge is -2.29. The Balaban J connectivity index is 2.40. The first-order valence-corrected chi connectivity index (χ1v) is 4.83. The van der Waals surface area contributed by atoms with Crippen LogP contribution >= 0.6 is 0 Å². The molecule has 0 saturated heterocycles. The van der Waals surface area contributed by atoms with Gasteiger partial charge < -0.3 is 0 Å². The summed E-state index contributed by atoms with van der Waals surface area (Å²) in [6.45, 7) is 0. The molecule has 0 spiro atoms. The summed E-state index contributed by atoms with van der Waals surface area (Å²) in [6, 6.07) is 0. The maximum atomic E-state index is 13.5. The highest BCUT2D eigenvalue weighted by atomic mass is 19.2. The van der Waals surface area contributed by atoms with E-state index in [9.17, 15) is 17.6 Å². The van der Waals surface area contributed by atoms with Crippen molar-refractivity contribution in [3.8, 4) is 0 Å². The number of hydrogen-bond donors (Lipinski definition) is 0. The lowest BCUT2D eigenvalue weighted by atomic mass is 9.76. The van der Waals surface area contributed by atoms with Gasteiger partial charge in [0.05, 0.1) is 0 Å². The molecule has 0 unspecified atom stereocenters. The van der Waals surface area contributed by atoms with Gasteiger partial charge in [0.25, 0.3) is 0 Å². The van der Waals surface area contributed by atoms with Gasteiger partial charge in [-0.1, -0.05) is 24.3 Å². The molecule has 0 amide bonds. The molecule has 0 atom stereocenters. The van der Waals surface area contributed by atoms with Gasteiger partial charge in [0.1, 0.15) is 0 Å². The molecule has 4 rings (SSSR count). The van der Waals surface area contributed by atoms with Gasteiger partial charge in [-0.15, -0.1) is 0 Å². The lowest BCUT2D eigenvalue weighted by molar-refractivity contribution is 0.395. The highest BCUT2D eigenvalue weighted by Crippen LogP contribution is 2.44. The fourth-order valence-corrected chi connectivity index (χ4v) is 2.31. The molecule has 0 saturated carbocycles. The van der Waals surface area contributed by atoms with E-state index in [4.69, 9.17) is 0 Å². The number of hydrogen-bond acceptors (Lipinski definition) is 0. The number of halogens is 4. The Morgan fingerprint density at radius 2 is 0.875 bits per heavy atom. The van der Waals surface area contributed by atoms with Crippen molar-refractivity contribution in [2.45, 2.75) is 11.8 Å². The van der Waals surface area contributed by atoms with E-state index in [1.807, 2.05) is 0 Å². The van der Waals surface area contributed by atoms with Crippen LogP contribution in [0.15, 0.2) is 24.3 Å². The van der Waals surface area contributed by atoms with Gasteiger partial charge in [0, 0.05) is 23.0 Å². The topological polar surface area (TPSA) is 0 Å². The van der Waals surface area contributed by atoms with E-state index in [0.29, 0.717) is 0 Å². The molecule has 0 radical (unpaired) electrons. The van der Waals surface area contributed by atoms with E-state index in [2.05, 4.69) is 0 Å². The summed E-state index contributed by atoms with van der Waals surface area (Å²) < 4.78 is 53.2. The van der Waals surface area contributed by atoms with Gasteiger partial charge in [0.15, 0.2) is 23.3 Å². The van der Waals surface area contributed by atoms with Crippen molar-refractivity contribution in [2.24, 2.45) is 0 Å². The Hall–Kier alpha value is -1.58. The van der Waals surface area contributed by atoms with Crippen molar-refractivity contribution in [3.63, 3.8) is 0 Å². The molecule has 0 aromatic heterocycles. The Labute approximate surface area is 88.9 Å². The molecule has 82 valence electrons. The van der Waals surface area contributed by atoms with Crippen LogP contribution in [0.25, 0.3) is 0 Å². The summed E-state index contributed by atoms with van der Waals surface area (Å²) >= 11 is 0. The Bertz CT molecular complexity index is 482. The van der Waals surface area contributed by atoms with Crippen LogP contribution in [-0.4, -0.2) is 0 Å². The van der Waals surface area contributed by atoms with Gasteiger partial charge >= 0.3 is 0 Å². The third-order valence-corrected chi connectivity index (χ3v) is 3.06. The summed E-state index contributed by atoms with van der Waals surface area (Å²) in [7, 11) is 0. The molecule has 0 heterocycles. The monoisotopic (exact) mass is 226 g/mol. The van der Waals surface area contributed by atoms with Crippen LogP contribution < -0.4 is 0 Å². The lowest BCUT2D eigenvalue weighted by Crippen LogP contribution is -2.19. The van der Waals surface area contributed by atoms with Crippen LogP contribution in [0.5, 0.6) is 0 Å². The summed E-state index contributed by atoms with van der Waals surface area (Å²) in [5.74, 6) is -7.01. The first-order valence-electron chi connectivity index (χ1n) is 4.83. The quantitative estimate of drug-likeness (QED) is 0.274.